The van der Waals surface area contributed by atoms with Gasteiger partial charge in [-0.15, -0.1) is 6.58 Å². The van der Waals surface area contributed by atoms with Crippen LogP contribution in [0.25, 0.3) is 0 Å². The summed E-state index contributed by atoms with van der Waals surface area (Å²) < 4.78 is 26.6. The van der Waals surface area contributed by atoms with E-state index >= 15 is 0 Å². The SMILES string of the molecule is C=CCNC(=O)CCNS(=O)(=O)c1ccc(C)cc1C. The van der Waals surface area contributed by atoms with Gasteiger partial charge in [-0.05, 0) is 25.5 Å². The van der Waals surface area contributed by atoms with E-state index in [9.17, 15) is 13.2 Å². The Balaban J connectivity index is 2.62. The number of rotatable bonds is 7. The Morgan fingerprint density at radius 3 is 2.65 bits per heavy atom. The maximum atomic E-state index is 12.1. The monoisotopic (exact) mass is 296 g/mol. The number of hydrogen-bond acceptors (Lipinski definition) is 3. The summed E-state index contributed by atoms with van der Waals surface area (Å²) in [7, 11) is -3.57. The van der Waals surface area contributed by atoms with Crippen LogP contribution in [0.2, 0.25) is 0 Å². The zero-order valence-corrected chi connectivity index (χ0v) is 12.6. The molecule has 0 bridgehead atoms. The molecule has 0 spiro atoms. The molecule has 1 aromatic carbocycles. The van der Waals surface area contributed by atoms with Gasteiger partial charge in [0.1, 0.15) is 0 Å². The summed E-state index contributed by atoms with van der Waals surface area (Å²) in [5, 5.41) is 2.59. The van der Waals surface area contributed by atoms with Crippen LogP contribution in [-0.2, 0) is 14.8 Å². The average Bonchev–Trinajstić information content (AvgIpc) is 2.35. The minimum Gasteiger partial charge on any atom is -0.353 e. The van der Waals surface area contributed by atoms with Gasteiger partial charge < -0.3 is 5.32 Å². The van der Waals surface area contributed by atoms with Gasteiger partial charge in [0.15, 0.2) is 0 Å². The van der Waals surface area contributed by atoms with Crippen molar-refractivity contribution in [2.45, 2.75) is 25.2 Å². The van der Waals surface area contributed by atoms with Crippen molar-refractivity contribution >= 4 is 15.9 Å². The zero-order chi connectivity index (χ0) is 15.2. The van der Waals surface area contributed by atoms with Crippen LogP contribution in [0.4, 0.5) is 0 Å². The first-order valence-electron chi connectivity index (χ1n) is 6.31. The molecule has 5 nitrogen and oxygen atoms in total. The highest BCUT2D eigenvalue weighted by atomic mass is 32.2. The third-order valence-corrected chi connectivity index (χ3v) is 4.33. The van der Waals surface area contributed by atoms with Crippen molar-refractivity contribution in [3.63, 3.8) is 0 Å². The fourth-order valence-corrected chi connectivity index (χ4v) is 3.01. The lowest BCUT2D eigenvalue weighted by atomic mass is 10.2. The number of aryl methyl sites for hydroxylation is 2. The quantitative estimate of drug-likeness (QED) is 0.744. The molecule has 0 aromatic heterocycles. The van der Waals surface area contributed by atoms with Gasteiger partial charge in [0.2, 0.25) is 15.9 Å². The Morgan fingerprint density at radius 1 is 1.35 bits per heavy atom. The van der Waals surface area contributed by atoms with E-state index in [1.54, 1.807) is 25.1 Å². The van der Waals surface area contributed by atoms with Gasteiger partial charge in [-0.25, -0.2) is 13.1 Å². The molecule has 0 unspecified atom stereocenters. The largest absolute Gasteiger partial charge is 0.353 e. The molecule has 6 heteroatoms. The number of sulfonamides is 1. The van der Waals surface area contributed by atoms with Crippen LogP contribution in [0.5, 0.6) is 0 Å². The summed E-state index contributed by atoms with van der Waals surface area (Å²) in [5.41, 5.74) is 1.69. The summed E-state index contributed by atoms with van der Waals surface area (Å²) >= 11 is 0. The van der Waals surface area contributed by atoms with E-state index in [0.29, 0.717) is 12.1 Å². The number of amides is 1. The van der Waals surface area contributed by atoms with Crippen molar-refractivity contribution in [3.8, 4) is 0 Å². The highest BCUT2D eigenvalue weighted by Gasteiger charge is 2.16. The third-order valence-electron chi connectivity index (χ3n) is 2.71. The second-order valence-electron chi connectivity index (χ2n) is 4.51. The summed E-state index contributed by atoms with van der Waals surface area (Å²) in [5.74, 6) is -0.215. The third kappa shape index (κ3) is 4.79. The molecule has 0 radical (unpaired) electrons. The number of carbonyl (C=O) groups excluding carboxylic acids is 1. The summed E-state index contributed by atoms with van der Waals surface area (Å²) in [6.07, 6.45) is 1.66. The molecular weight excluding hydrogens is 276 g/mol. The fraction of sp³-hybridized carbons (Fsp3) is 0.357. The Labute approximate surface area is 120 Å². The van der Waals surface area contributed by atoms with Crippen molar-refractivity contribution < 1.29 is 13.2 Å². The van der Waals surface area contributed by atoms with Crippen LogP contribution in [0.15, 0.2) is 35.7 Å². The van der Waals surface area contributed by atoms with Crippen molar-refractivity contribution in [3.05, 3.63) is 42.0 Å². The normalized spacial score (nSPS) is 11.1. The van der Waals surface area contributed by atoms with Gasteiger partial charge in [0, 0.05) is 19.5 Å². The van der Waals surface area contributed by atoms with Crippen LogP contribution in [0, 0.1) is 13.8 Å². The molecule has 2 N–H and O–H groups in total. The highest BCUT2D eigenvalue weighted by Crippen LogP contribution is 2.15. The number of hydrogen-bond donors (Lipinski definition) is 2. The smallest absolute Gasteiger partial charge is 0.240 e. The molecule has 1 rings (SSSR count). The number of benzene rings is 1. The number of carbonyl (C=O) groups is 1. The van der Waals surface area contributed by atoms with Crippen LogP contribution < -0.4 is 10.0 Å². The first kappa shape index (κ1) is 16.4. The average molecular weight is 296 g/mol. The predicted octanol–water partition coefficient (Wildman–Crippen LogP) is 1.27. The topological polar surface area (TPSA) is 75.3 Å². The maximum absolute atomic E-state index is 12.1. The molecular formula is C14H20N2O3S. The second-order valence-corrected chi connectivity index (χ2v) is 6.24. The van der Waals surface area contributed by atoms with E-state index in [-0.39, 0.29) is 23.8 Å². The Kier molecular flexibility index (Phi) is 5.91. The second kappa shape index (κ2) is 7.21. The van der Waals surface area contributed by atoms with Crippen molar-refractivity contribution in [1.29, 1.82) is 0 Å². The molecule has 0 atom stereocenters. The van der Waals surface area contributed by atoms with Crippen LogP contribution in [-0.4, -0.2) is 27.4 Å². The molecule has 0 aliphatic heterocycles. The van der Waals surface area contributed by atoms with Gasteiger partial charge in [-0.2, -0.15) is 0 Å². The zero-order valence-electron chi connectivity index (χ0n) is 11.8. The minimum atomic E-state index is -3.57. The van der Waals surface area contributed by atoms with Crippen LogP contribution in [0.1, 0.15) is 17.5 Å². The van der Waals surface area contributed by atoms with E-state index < -0.39 is 10.0 Å². The van der Waals surface area contributed by atoms with E-state index in [0.717, 1.165) is 5.56 Å². The van der Waals surface area contributed by atoms with E-state index in [1.807, 2.05) is 13.0 Å². The summed E-state index contributed by atoms with van der Waals surface area (Å²) in [6.45, 7) is 7.58. The standard InChI is InChI=1S/C14H20N2O3S/c1-4-8-15-14(17)7-9-16-20(18,19)13-6-5-11(2)10-12(13)3/h4-6,10,16H,1,7-9H2,2-3H3,(H,15,17). The van der Waals surface area contributed by atoms with Crippen molar-refractivity contribution in [2.24, 2.45) is 0 Å². The van der Waals surface area contributed by atoms with Gasteiger partial charge in [0.25, 0.3) is 0 Å². The molecule has 0 aliphatic rings. The molecule has 0 saturated carbocycles. The summed E-state index contributed by atoms with van der Waals surface area (Å²) in [6, 6.07) is 5.13. The fourth-order valence-electron chi connectivity index (χ4n) is 1.75. The van der Waals surface area contributed by atoms with E-state index in [1.165, 1.54) is 0 Å². The van der Waals surface area contributed by atoms with Gasteiger partial charge in [0.05, 0.1) is 4.90 Å². The number of nitrogens with one attached hydrogen (secondary N) is 2. The molecule has 0 heterocycles. The van der Waals surface area contributed by atoms with Crippen LogP contribution >= 0.6 is 0 Å². The highest BCUT2D eigenvalue weighted by molar-refractivity contribution is 7.89. The maximum Gasteiger partial charge on any atom is 0.240 e. The van der Waals surface area contributed by atoms with Crippen molar-refractivity contribution in [2.75, 3.05) is 13.1 Å². The van der Waals surface area contributed by atoms with Gasteiger partial charge in [-0.3, -0.25) is 4.79 Å². The first-order valence-corrected chi connectivity index (χ1v) is 7.79. The van der Waals surface area contributed by atoms with E-state index in [2.05, 4.69) is 16.6 Å². The molecule has 1 aromatic rings. The lowest BCUT2D eigenvalue weighted by molar-refractivity contribution is -0.120. The molecule has 110 valence electrons. The first-order chi connectivity index (χ1) is 9.36. The summed E-state index contributed by atoms with van der Waals surface area (Å²) in [4.78, 5) is 11.6. The molecule has 0 fully saturated rings. The predicted molar refractivity (Wildman–Crippen MR) is 78.9 cm³/mol. The van der Waals surface area contributed by atoms with Crippen molar-refractivity contribution in [1.82, 2.24) is 10.0 Å². The lowest BCUT2D eigenvalue weighted by Gasteiger charge is -2.09. The Hall–Kier alpha value is -1.66. The Morgan fingerprint density at radius 2 is 2.05 bits per heavy atom. The minimum absolute atomic E-state index is 0.0681. The molecule has 20 heavy (non-hydrogen) atoms. The molecule has 0 aliphatic carbocycles. The van der Waals surface area contributed by atoms with Gasteiger partial charge >= 0.3 is 0 Å². The van der Waals surface area contributed by atoms with Crippen LogP contribution in [0.3, 0.4) is 0 Å². The van der Waals surface area contributed by atoms with Gasteiger partial charge in [-0.1, -0.05) is 23.8 Å². The molecule has 0 saturated heterocycles. The molecule has 1 amide bonds. The van der Waals surface area contributed by atoms with E-state index in [4.69, 9.17) is 0 Å². The Bertz CT molecular complexity index is 594. The lowest BCUT2D eigenvalue weighted by Crippen LogP contribution is -2.31.